The van der Waals surface area contributed by atoms with Crippen molar-refractivity contribution in [3.8, 4) is 0 Å². The summed E-state index contributed by atoms with van der Waals surface area (Å²) in [7, 11) is 0. The van der Waals surface area contributed by atoms with Gasteiger partial charge in [-0.05, 0) is 50.3 Å². The van der Waals surface area contributed by atoms with E-state index in [1.165, 1.54) is 6.42 Å². The highest BCUT2D eigenvalue weighted by Crippen LogP contribution is 2.34. The Morgan fingerprint density at radius 1 is 1.47 bits per heavy atom. The minimum absolute atomic E-state index is 0.249. The molecule has 3 nitrogen and oxygen atoms in total. The molecule has 19 heavy (non-hydrogen) atoms. The molecule has 0 aromatic heterocycles. The molecule has 2 N–H and O–H groups in total. The first-order chi connectivity index (χ1) is 9.13. The van der Waals surface area contributed by atoms with Gasteiger partial charge in [0, 0.05) is 19.2 Å². The minimum atomic E-state index is -0.490. The Morgan fingerprint density at radius 2 is 2.26 bits per heavy atom. The average Bonchev–Trinajstić information content (AvgIpc) is 2.84. The molecule has 0 radical (unpaired) electrons. The third kappa shape index (κ3) is 3.41. The van der Waals surface area contributed by atoms with Crippen molar-refractivity contribution < 1.29 is 10.2 Å². The molecule has 0 amide bonds. The van der Waals surface area contributed by atoms with Gasteiger partial charge in [-0.2, -0.15) is 0 Å². The fraction of sp³-hybridized carbons (Fsp3) is 0.600. The highest BCUT2D eigenvalue weighted by Gasteiger charge is 2.25. The summed E-state index contributed by atoms with van der Waals surface area (Å²) in [5, 5.41) is 19.2. The predicted molar refractivity (Wildman–Crippen MR) is 78.8 cm³/mol. The van der Waals surface area contributed by atoms with Crippen LogP contribution in [0.2, 0.25) is 5.02 Å². The first-order valence-electron chi connectivity index (χ1n) is 6.98. The van der Waals surface area contributed by atoms with Gasteiger partial charge in [0.2, 0.25) is 0 Å². The van der Waals surface area contributed by atoms with Crippen LogP contribution in [0.15, 0.2) is 18.2 Å². The average molecular weight is 284 g/mol. The van der Waals surface area contributed by atoms with Crippen molar-refractivity contribution in [3.63, 3.8) is 0 Å². The summed E-state index contributed by atoms with van der Waals surface area (Å²) in [6.07, 6.45) is 3.68. The quantitative estimate of drug-likeness (QED) is 0.872. The Hall–Kier alpha value is -0.770. The van der Waals surface area contributed by atoms with E-state index in [9.17, 15) is 5.11 Å². The summed E-state index contributed by atoms with van der Waals surface area (Å²) >= 11 is 6.35. The molecule has 2 rings (SSSR count). The van der Waals surface area contributed by atoms with Gasteiger partial charge in [0.25, 0.3) is 0 Å². The van der Waals surface area contributed by atoms with Crippen LogP contribution in [-0.4, -0.2) is 29.4 Å². The van der Waals surface area contributed by atoms with Crippen LogP contribution in [0, 0.1) is 0 Å². The van der Waals surface area contributed by atoms with Crippen LogP contribution in [0.5, 0.6) is 0 Å². The molecular weight excluding hydrogens is 262 g/mol. The number of halogens is 1. The topological polar surface area (TPSA) is 43.7 Å². The van der Waals surface area contributed by atoms with E-state index in [1.807, 2.05) is 18.2 Å². The summed E-state index contributed by atoms with van der Waals surface area (Å²) in [5.74, 6) is 0. The van der Waals surface area contributed by atoms with E-state index in [4.69, 9.17) is 16.7 Å². The largest absolute Gasteiger partial charge is 0.396 e. The Morgan fingerprint density at radius 3 is 2.89 bits per heavy atom. The smallest absolute Gasteiger partial charge is 0.0762 e. The Balaban J connectivity index is 2.16. The van der Waals surface area contributed by atoms with E-state index in [0.29, 0.717) is 11.1 Å². The highest BCUT2D eigenvalue weighted by atomic mass is 35.5. The molecule has 1 saturated heterocycles. The van der Waals surface area contributed by atoms with E-state index in [2.05, 4.69) is 4.90 Å². The van der Waals surface area contributed by atoms with Gasteiger partial charge in [-0.1, -0.05) is 17.7 Å². The van der Waals surface area contributed by atoms with Crippen molar-refractivity contribution in [2.45, 2.75) is 44.8 Å². The molecule has 0 spiro atoms. The van der Waals surface area contributed by atoms with E-state index in [1.54, 1.807) is 6.92 Å². The van der Waals surface area contributed by atoms with Crippen LogP contribution >= 0.6 is 11.6 Å². The van der Waals surface area contributed by atoms with Crippen molar-refractivity contribution in [1.82, 2.24) is 0 Å². The molecule has 1 heterocycles. The number of aliphatic hydroxyl groups is 2. The fourth-order valence-corrected chi connectivity index (χ4v) is 3.09. The third-order valence-corrected chi connectivity index (χ3v) is 4.14. The maximum Gasteiger partial charge on any atom is 0.0762 e. The Bertz CT molecular complexity index is 423. The van der Waals surface area contributed by atoms with Crippen LogP contribution < -0.4 is 4.90 Å². The Labute approximate surface area is 119 Å². The maximum atomic E-state index is 9.57. The normalized spacial score (nSPS) is 20.8. The molecule has 0 aliphatic carbocycles. The second-order valence-electron chi connectivity index (χ2n) is 5.24. The van der Waals surface area contributed by atoms with Crippen LogP contribution in [0.3, 0.4) is 0 Å². The zero-order valence-electron chi connectivity index (χ0n) is 11.3. The first kappa shape index (κ1) is 14.6. The summed E-state index contributed by atoms with van der Waals surface area (Å²) in [6.45, 7) is 3.01. The van der Waals surface area contributed by atoms with Crippen molar-refractivity contribution in [2.24, 2.45) is 0 Å². The van der Waals surface area contributed by atoms with Crippen molar-refractivity contribution in [3.05, 3.63) is 28.8 Å². The van der Waals surface area contributed by atoms with Gasteiger partial charge in [-0.15, -0.1) is 0 Å². The van der Waals surface area contributed by atoms with Crippen LogP contribution in [0.25, 0.3) is 0 Å². The molecule has 1 unspecified atom stereocenters. The summed E-state index contributed by atoms with van der Waals surface area (Å²) in [6, 6.07) is 6.26. The van der Waals surface area contributed by atoms with Gasteiger partial charge >= 0.3 is 0 Å². The number of aliphatic hydroxyl groups excluding tert-OH is 2. The lowest BCUT2D eigenvalue weighted by molar-refractivity contribution is 0.199. The standard InChI is InChI=1S/C15H22ClNO2/c1-11(19)12-6-7-15(14(16)10-12)17-8-2-4-13(17)5-3-9-18/h6-7,10-11,13,18-19H,2-5,8-9H2,1H3/t11-,13?/m0/s1. The van der Waals surface area contributed by atoms with Crippen LogP contribution in [-0.2, 0) is 0 Å². The lowest BCUT2D eigenvalue weighted by atomic mass is 10.1. The molecule has 4 heteroatoms. The van der Waals surface area contributed by atoms with Crippen molar-refractivity contribution >= 4 is 17.3 Å². The van der Waals surface area contributed by atoms with E-state index in [-0.39, 0.29) is 6.61 Å². The van der Waals surface area contributed by atoms with Gasteiger partial charge in [0.05, 0.1) is 16.8 Å². The molecule has 0 bridgehead atoms. The number of nitrogens with zero attached hydrogens (tertiary/aromatic N) is 1. The zero-order valence-corrected chi connectivity index (χ0v) is 12.1. The fourth-order valence-electron chi connectivity index (χ4n) is 2.80. The molecule has 1 fully saturated rings. The lowest BCUT2D eigenvalue weighted by Crippen LogP contribution is -2.29. The highest BCUT2D eigenvalue weighted by molar-refractivity contribution is 6.33. The van der Waals surface area contributed by atoms with Crippen molar-refractivity contribution in [2.75, 3.05) is 18.1 Å². The molecule has 106 valence electrons. The minimum Gasteiger partial charge on any atom is -0.396 e. The summed E-state index contributed by atoms with van der Waals surface area (Å²) < 4.78 is 0. The third-order valence-electron chi connectivity index (χ3n) is 3.84. The first-order valence-corrected chi connectivity index (χ1v) is 7.36. The Kier molecular flexibility index (Phi) is 5.08. The molecule has 0 saturated carbocycles. The SMILES string of the molecule is C[C@H](O)c1ccc(N2CCCC2CCCO)c(Cl)c1. The monoisotopic (exact) mass is 283 g/mol. The maximum absolute atomic E-state index is 9.57. The van der Waals surface area contributed by atoms with Gasteiger partial charge in [-0.25, -0.2) is 0 Å². The molecule has 1 aliphatic rings. The van der Waals surface area contributed by atoms with E-state index in [0.717, 1.165) is 37.1 Å². The van der Waals surface area contributed by atoms with Gasteiger partial charge in [-0.3, -0.25) is 0 Å². The number of hydrogen-bond acceptors (Lipinski definition) is 3. The number of benzene rings is 1. The van der Waals surface area contributed by atoms with E-state index < -0.39 is 6.10 Å². The van der Waals surface area contributed by atoms with Gasteiger partial charge < -0.3 is 15.1 Å². The number of rotatable bonds is 5. The second kappa shape index (κ2) is 6.60. The lowest BCUT2D eigenvalue weighted by Gasteiger charge is -2.28. The molecule has 1 aliphatic heterocycles. The molecule has 1 aromatic rings. The second-order valence-corrected chi connectivity index (χ2v) is 5.65. The summed E-state index contributed by atoms with van der Waals surface area (Å²) in [4.78, 5) is 2.34. The zero-order chi connectivity index (χ0) is 13.8. The number of anilines is 1. The van der Waals surface area contributed by atoms with Crippen molar-refractivity contribution in [1.29, 1.82) is 0 Å². The van der Waals surface area contributed by atoms with Gasteiger partial charge in [0.15, 0.2) is 0 Å². The van der Waals surface area contributed by atoms with E-state index >= 15 is 0 Å². The van der Waals surface area contributed by atoms with Gasteiger partial charge in [0.1, 0.15) is 0 Å². The molecule has 2 atom stereocenters. The summed E-state index contributed by atoms with van der Waals surface area (Å²) in [5.41, 5.74) is 1.89. The predicted octanol–water partition coefficient (Wildman–Crippen LogP) is 3.13. The molecular formula is C15H22ClNO2. The molecule has 1 aromatic carbocycles. The van der Waals surface area contributed by atoms with Crippen LogP contribution in [0.4, 0.5) is 5.69 Å². The number of hydrogen-bond donors (Lipinski definition) is 2. The van der Waals surface area contributed by atoms with Crippen LogP contribution in [0.1, 0.15) is 44.3 Å².